The molecule has 1 aliphatic heterocycles. The normalized spacial score (nSPS) is 22.7. The van der Waals surface area contributed by atoms with Crippen molar-refractivity contribution in [1.29, 1.82) is 0 Å². The van der Waals surface area contributed by atoms with Gasteiger partial charge in [0.15, 0.2) is 5.76 Å². The first-order chi connectivity index (χ1) is 12.5. The van der Waals surface area contributed by atoms with Crippen molar-refractivity contribution >= 4 is 35.2 Å². The summed E-state index contributed by atoms with van der Waals surface area (Å²) in [5, 5.41) is 8.46. The molecule has 3 unspecified atom stereocenters. The Kier molecular flexibility index (Phi) is 5.82. The zero-order valence-corrected chi connectivity index (χ0v) is 14.9. The number of hydrogen-bond acceptors (Lipinski definition) is 6. The summed E-state index contributed by atoms with van der Waals surface area (Å²) in [6, 6.07) is 6.51. The van der Waals surface area contributed by atoms with E-state index in [1.165, 1.54) is 36.2 Å². The number of carbonyl (C=O) groups is 2. The van der Waals surface area contributed by atoms with Gasteiger partial charge in [0.2, 0.25) is 5.91 Å². The van der Waals surface area contributed by atoms with Gasteiger partial charge in [0.05, 0.1) is 12.4 Å². The highest BCUT2D eigenvalue weighted by molar-refractivity contribution is 7.99. The summed E-state index contributed by atoms with van der Waals surface area (Å²) in [6.07, 6.45) is 0.533. The lowest BCUT2D eigenvalue weighted by atomic mass is 10.1. The Labute approximate surface area is 157 Å². The van der Waals surface area contributed by atoms with Gasteiger partial charge in [-0.05, 0) is 24.3 Å². The largest absolute Gasteiger partial charge is 0.459 e. The number of benzene rings is 1. The van der Waals surface area contributed by atoms with E-state index in [0.29, 0.717) is 10.6 Å². The molecule has 1 fully saturated rings. The lowest BCUT2D eigenvalue weighted by Gasteiger charge is -2.35. The third-order valence-corrected chi connectivity index (χ3v) is 5.14. The van der Waals surface area contributed by atoms with E-state index in [1.807, 2.05) is 0 Å². The predicted octanol–water partition coefficient (Wildman–Crippen LogP) is 1.39. The van der Waals surface area contributed by atoms with E-state index in [1.54, 1.807) is 12.1 Å². The van der Waals surface area contributed by atoms with Crippen LogP contribution >= 0.6 is 23.4 Å². The molecule has 3 atom stereocenters. The van der Waals surface area contributed by atoms with Crippen LogP contribution in [0.2, 0.25) is 5.02 Å². The summed E-state index contributed by atoms with van der Waals surface area (Å²) >= 11 is 7.22. The molecule has 2 aromatic rings. The molecule has 0 radical (unpaired) electrons. The van der Waals surface area contributed by atoms with Crippen LogP contribution in [0.25, 0.3) is 0 Å². The zero-order chi connectivity index (χ0) is 18.7. The Bertz CT molecular complexity index is 785. The van der Waals surface area contributed by atoms with E-state index in [4.69, 9.17) is 21.8 Å². The van der Waals surface area contributed by atoms with E-state index < -0.39 is 35.3 Å². The van der Waals surface area contributed by atoms with Crippen molar-refractivity contribution in [2.45, 2.75) is 23.5 Å². The molecule has 138 valence electrons. The van der Waals surface area contributed by atoms with Crippen LogP contribution in [0, 0.1) is 5.82 Å². The minimum atomic E-state index is -0.971. The van der Waals surface area contributed by atoms with E-state index in [2.05, 4.69) is 16.0 Å². The maximum atomic E-state index is 13.8. The lowest BCUT2D eigenvalue weighted by Crippen LogP contribution is -2.70. The van der Waals surface area contributed by atoms with Crippen LogP contribution in [0.15, 0.2) is 41.0 Å². The molecule has 26 heavy (non-hydrogen) atoms. The average molecular weight is 399 g/mol. The number of amides is 2. The third kappa shape index (κ3) is 4.18. The first-order valence-corrected chi connectivity index (χ1v) is 9.09. The summed E-state index contributed by atoms with van der Waals surface area (Å²) in [7, 11) is 0. The maximum absolute atomic E-state index is 13.8. The topological polar surface area (TPSA) is 109 Å². The van der Waals surface area contributed by atoms with Crippen LogP contribution in [-0.4, -0.2) is 29.5 Å². The van der Waals surface area contributed by atoms with Gasteiger partial charge in [-0.3, -0.25) is 14.9 Å². The maximum Gasteiger partial charge on any atom is 0.287 e. The summed E-state index contributed by atoms with van der Waals surface area (Å²) in [6.45, 7) is 0. The van der Waals surface area contributed by atoms with Gasteiger partial charge in [-0.2, -0.15) is 0 Å². The molecular formula is C16H16ClFN4O3S. The Morgan fingerprint density at radius 1 is 1.38 bits per heavy atom. The first kappa shape index (κ1) is 18.7. The fraction of sp³-hybridized carbons (Fsp3) is 0.250. The van der Waals surface area contributed by atoms with Crippen molar-refractivity contribution in [1.82, 2.24) is 16.0 Å². The van der Waals surface area contributed by atoms with Gasteiger partial charge in [0, 0.05) is 16.3 Å². The van der Waals surface area contributed by atoms with Crippen molar-refractivity contribution < 1.29 is 18.4 Å². The summed E-state index contributed by atoms with van der Waals surface area (Å²) in [4.78, 5) is 24.3. The molecule has 3 rings (SSSR count). The highest BCUT2D eigenvalue weighted by Gasteiger charge is 2.35. The summed E-state index contributed by atoms with van der Waals surface area (Å²) < 4.78 is 18.8. The number of nitrogens with one attached hydrogen (secondary N) is 3. The number of nitrogens with two attached hydrogens (primary N) is 1. The molecule has 2 heterocycles. The molecule has 7 nitrogen and oxygen atoms in total. The molecule has 2 amide bonds. The number of carbonyl (C=O) groups excluding carboxylic acids is 2. The molecule has 1 aliphatic rings. The van der Waals surface area contributed by atoms with Gasteiger partial charge in [0.25, 0.3) is 5.91 Å². The van der Waals surface area contributed by atoms with Gasteiger partial charge < -0.3 is 20.8 Å². The molecule has 1 saturated heterocycles. The van der Waals surface area contributed by atoms with Crippen molar-refractivity contribution in [2.75, 3.05) is 0 Å². The smallest absolute Gasteiger partial charge is 0.287 e. The fourth-order valence-electron chi connectivity index (χ4n) is 2.40. The quantitative estimate of drug-likeness (QED) is 0.606. The van der Waals surface area contributed by atoms with Gasteiger partial charge in [-0.1, -0.05) is 17.7 Å². The Morgan fingerprint density at radius 3 is 2.85 bits per heavy atom. The Balaban J connectivity index is 1.58. The second-order valence-corrected chi connectivity index (χ2v) is 7.02. The first-order valence-electron chi connectivity index (χ1n) is 7.66. The zero-order valence-electron chi connectivity index (χ0n) is 13.4. The predicted molar refractivity (Wildman–Crippen MR) is 95.7 cm³/mol. The Hall–Kier alpha value is -2.07. The van der Waals surface area contributed by atoms with Crippen LogP contribution in [-0.2, 0) is 10.5 Å². The van der Waals surface area contributed by atoms with Crippen molar-refractivity contribution in [3.05, 3.63) is 58.8 Å². The van der Waals surface area contributed by atoms with E-state index in [9.17, 15) is 14.0 Å². The molecule has 0 bridgehead atoms. The van der Waals surface area contributed by atoms with Crippen LogP contribution in [0.4, 0.5) is 4.39 Å². The number of halogens is 2. The van der Waals surface area contributed by atoms with Gasteiger partial charge in [-0.25, -0.2) is 4.39 Å². The average Bonchev–Trinajstić information content (AvgIpc) is 3.12. The molecule has 0 saturated carbocycles. The number of thioether (sulfide) groups is 1. The molecule has 1 aromatic heterocycles. The summed E-state index contributed by atoms with van der Waals surface area (Å²) in [5.41, 5.74) is 5.75. The van der Waals surface area contributed by atoms with Crippen LogP contribution in [0.3, 0.4) is 0 Å². The highest BCUT2D eigenvalue weighted by atomic mass is 35.5. The van der Waals surface area contributed by atoms with Crippen molar-refractivity contribution in [3.63, 3.8) is 0 Å². The fourth-order valence-corrected chi connectivity index (χ4v) is 3.79. The standard InChI is InChI=1S/C16H16ClFN4O3S/c17-9-3-1-4-10(18)8(9)7-26-16-21-13(19)12(15(24)22-16)20-14(23)11-5-2-6-25-11/h1-6,12-13,16,21H,7,19H2,(H,20,23)(H,22,24). The summed E-state index contributed by atoms with van der Waals surface area (Å²) in [5.74, 6) is -1.10. The Morgan fingerprint density at radius 2 is 2.19 bits per heavy atom. The lowest BCUT2D eigenvalue weighted by molar-refractivity contribution is -0.125. The molecule has 1 aromatic carbocycles. The minimum Gasteiger partial charge on any atom is -0.459 e. The van der Waals surface area contributed by atoms with E-state index in [0.717, 1.165) is 0 Å². The van der Waals surface area contributed by atoms with E-state index >= 15 is 0 Å². The highest BCUT2D eigenvalue weighted by Crippen LogP contribution is 2.25. The number of furan rings is 1. The second kappa shape index (κ2) is 8.09. The van der Waals surface area contributed by atoms with Crippen molar-refractivity contribution in [3.8, 4) is 0 Å². The molecular weight excluding hydrogens is 383 g/mol. The SMILES string of the molecule is NC1NC(SCc2c(F)cccc2Cl)NC(=O)C1NC(=O)c1ccco1. The number of hydrogen-bond donors (Lipinski definition) is 4. The molecule has 0 spiro atoms. The van der Waals surface area contributed by atoms with Gasteiger partial charge in [0.1, 0.15) is 17.4 Å². The monoisotopic (exact) mass is 398 g/mol. The number of rotatable bonds is 5. The van der Waals surface area contributed by atoms with Crippen LogP contribution in [0.5, 0.6) is 0 Å². The molecule has 0 aliphatic carbocycles. The molecule has 10 heteroatoms. The minimum absolute atomic E-state index is 0.0793. The van der Waals surface area contributed by atoms with Gasteiger partial charge in [-0.15, -0.1) is 11.8 Å². The van der Waals surface area contributed by atoms with Gasteiger partial charge >= 0.3 is 0 Å². The van der Waals surface area contributed by atoms with Crippen LogP contribution < -0.4 is 21.7 Å². The van der Waals surface area contributed by atoms with Crippen molar-refractivity contribution in [2.24, 2.45) is 5.73 Å². The molecule has 5 N–H and O–H groups in total. The van der Waals surface area contributed by atoms with E-state index in [-0.39, 0.29) is 11.5 Å². The van der Waals surface area contributed by atoms with Crippen LogP contribution in [0.1, 0.15) is 16.1 Å². The third-order valence-electron chi connectivity index (χ3n) is 3.75. The second-order valence-electron chi connectivity index (χ2n) is 5.52.